The van der Waals surface area contributed by atoms with E-state index in [0.717, 1.165) is 0 Å². The average molecular weight is 181 g/mol. The first kappa shape index (κ1) is 8.46. The summed E-state index contributed by atoms with van der Waals surface area (Å²) < 4.78 is 0. The molecule has 0 fully saturated rings. The summed E-state index contributed by atoms with van der Waals surface area (Å²) in [6.07, 6.45) is 0. The Morgan fingerprint density at radius 3 is 2.64 bits per heavy atom. The molecule has 0 unspecified atom stereocenters. The number of fused-ring (bicyclic) bond motifs is 1. The number of hydrogen-bond donors (Lipinski definition) is 0. The predicted octanol–water partition coefficient (Wildman–Crippen LogP) is 2.86. The molecule has 0 bridgehead atoms. The van der Waals surface area contributed by atoms with Crippen LogP contribution in [-0.4, -0.2) is 0 Å². The van der Waals surface area contributed by atoms with Gasteiger partial charge in [-0.2, -0.15) is 6.07 Å². The van der Waals surface area contributed by atoms with E-state index >= 15 is 0 Å². The average Bonchev–Trinajstić information content (AvgIpc) is 2.27. The Hall–Kier alpha value is -0.638. The molecule has 0 aromatic heterocycles. The molecular formula is C10H9Cr-. The fraction of sp³-hybridized carbons (Fsp3) is 0.100. The summed E-state index contributed by atoms with van der Waals surface area (Å²) in [7, 11) is 0. The van der Waals surface area contributed by atoms with Gasteiger partial charge >= 0.3 is 0 Å². The zero-order valence-corrected chi connectivity index (χ0v) is 7.65. The van der Waals surface area contributed by atoms with E-state index in [1.54, 1.807) is 0 Å². The quantitative estimate of drug-likeness (QED) is 0.548. The van der Waals surface area contributed by atoms with Crippen LogP contribution in [0.4, 0.5) is 0 Å². The summed E-state index contributed by atoms with van der Waals surface area (Å²) in [5.41, 5.74) is 1.35. The summed E-state index contributed by atoms with van der Waals surface area (Å²) >= 11 is 0. The van der Waals surface area contributed by atoms with Crippen LogP contribution in [0, 0.1) is 6.92 Å². The molecule has 0 radical (unpaired) electrons. The van der Waals surface area contributed by atoms with Gasteiger partial charge in [-0.15, -0.1) is 40.6 Å². The standard InChI is InChI=1S/C10H9.Cr/c1-8-6-9-4-2-3-5-10(9)7-8;/h2-7H,1H3;/q-1;. The Kier molecular flexibility index (Phi) is 2.44. The Morgan fingerprint density at radius 1 is 1.18 bits per heavy atom. The first-order valence-corrected chi connectivity index (χ1v) is 3.48. The Labute approximate surface area is 77.3 Å². The molecule has 0 aliphatic rings. The van der Waals surface area contributed by atoms with E-state index < -0.39 is 0 Å². The van der Waals surface area contributed by atoms with Gasteiger partial charge < -0.3 is 0 Å². The van der Waals surface area contributed by atoms with E-state index in [-0.39, 0.29) is 17.4 Å². The topological polar surface area (TPSA) is 0 Å². The Morgan fingerprint density at radius 2 is 1.91 bits per heavy atom. The maximum absolute atomic E-state index is 2.20. The summed E-state index contributed by atoms with van der Waals surface area (Å²) in [6, 6.07) is 12.8. The van der Waals surface area contributed by atoms with Gasteiger partial charge in [0.1, 0.15) is 0 Å². The Bertz CT molecular complexity index is 313. The van der Waals surface area contributed by atoms with E-state index in [0.29, 0.717) is 0 Å². The van der Waals surface area contributed by atoms with Crippen LogP contribution in [0.5, 0.6) is 0 Å². The zero-order valence-electron chi connectivity index (χ0n) is 6.37. The number of benzene rings is 1. The minimum absolute atomic E-state index is 0. The molecule has 0 N–H and O–H groups in total. The van der Waals surface area contributed by atoms with Crippen LogP contribution < -0.4 is 0 Å². The Balaban J connectivity index is 0.000000605. The van der Waals surface area contributed by atoms with Crippen molar-refractivity contribution in [1.29, 1.82) is 0 Å². The van der Waals surface area contributed by atoms with E-state index in [1.165, 1.54) is 16.3 Å². The van der Waals surface area contributed by atoms with Crippen LogP contribution in [0.3, 0.4) is 0 Å². The zero-order chi connectivity index (χ0) is 6.97. The van der Waals surface area contributed by atoms with Crippen LogP contribution in [0.1, 0.15) is 5.56 Å². The second-order valence-corrected chi connectivity index (χ2v) is 2.66. The van der Waals surface area contributed by atoms with Gasteiger partial charge in [-0.05, 0) is 0 Å². The molecule has 2 aromatic carbocycles. The third-order valence-electron chi connectivity index (χ3n) is 1.76. The molecule has 0 saturated carbocycles. The second kappa shape index (κ2) is 3.17. The smallest absolute Gasteiger partial charge is 0 e. The van der Waals surface area contributed by atoms with Gasteiger partial charge in [0.05, 0.1) is 0 Å². The molecule has 0 amide bonds. The molecule has 56 valence electrons. The molecule has 0 atom stereocenters. The molecule has 0 saturated heterocycles. The van der Waals surface area contributed by atoms with Gasteiger partial charge in [-0.1, -0.05) is 13.0 Å². The fourth-order valence-corrected chi connectivity index (χ4v) is 1.31. The molecule has 11 heavy (non-hydrogen) atoms. The monoisotopic (exact) mass is 181 g/mol. The first-order chi connectivity index (χ1) is 4.86. The van der Waals surface area contributed by atoms with Crippen molar-refractivity contribution < 1.29 is 17.4 Å². The molecule has 0 aliphatic carbocycles. The van der Waals surface area contributed by atoms with Crippen LogP contribution in [-0.2, 0) is 17.4 Å². The van der Waals surface area contributed by atoms with Crippen molar-refractivity contribution in [3.63, 3.8) is 0 Å². The molecular weight excluding hydrogens is 172 g/mol. The van der Waals surface area contributed by atoms with Gasteiger partial charge in [0.2, 0.25) is 0 Å². The van der Waals surface area contributed by atoms with Crippen molar-refractivity contribution in [3.05, 3.63) is 42.0 Å². The molecule has 1 heteroatoms. The number of hydrogen-bond acceptors (Lipinski definition) is 0. The molecule has 2 rings (SSSR count). The van der Waals surface area contributed by atoms with Crippen molar-refractivity contribution in [2.75, 3.05) is 0 Å². The number of aryl methyl sites for hydroxylation is 1. The van der Waals surface area contributed by atoms with E-state index in [9.17, 15) is 0 Å². The SMILES string of the molecule is Cc1cc2ccccc2[cH-]1.[Cr]. The first-order valence-electron chi connectivity index (χ1n) is 3.48. The fourth-order valence-electron chi connectivity index (χ4n) is 1.31. The summed E-state index contributed by atoms with van der Waals surface area (Å²) in [6.45, 7) is 2.12. The predicted molar refractivity (Wildman–Crippen MR) is 44.3 cm³/mol. The normalized spacial score (nSPS) is 9.55. The minimum Gasteiger partial charge on any atom is -0.165 e. The molecule has 0 heterocycles. The van der Waals surface area contributed by atoms with Crippen LogP contribution in [0.15, 0.2) is 36.4 Å². The van der Waals surface area contributed by atoms with Crippen molar-refractivity contribution in [3.8, 4) is 0 Å². The van der Waals surface area contributed by atoms with Gasteiger partial charge in [-0.3, -0.25) is 0 Å². The van der Waals surface area contributed by atoms with E-state index in [4.69, 9.17) is 0 Å². The summed E-state index contributed by atoms with van der Waals surface area (Å²) in [5, 5.41) is 2.69. The maximum Gasteiger partial charge on any atom is 0 e. The number of rotatable bonds is 0. The van der Waals surface area contributed by atoms with Crippen LogP contribution in [0.25, 0.3) is 10.8 Å². The molecule has 0 spiro atoms. The van der Waals surface area contributed by atoms with Crippen molar-refractivity contribution in [2.24, 2.45) is 0 Å². The largest absolute Gasteiger partial charge is 0.165 e. The van der Waals surface area contributed by atoms with Crippen molar-refractivity contribution in [2.45, 2.75) is 6.92 Å². The third-order valence-corrected chi connectivity index (χ3v) is 1.76. The van der Waals surface area contributed by atoms with E-state index in [2.05, 4.69) is 43.3 Å². The third kappa shape index (κ3) is 1.51. The van der Waals surface area contributed by atoms with Crippen molar-refractivity contribution in [1.82, 2.24) is 0 Å². The molecule has 2 aromatic rings. The van der Waals surface area contributed by atoms with Crippen LogP contribution in [0.2, 0.25) is 0 Å². The van der Waals surface area contributed by atoms with Crippen LogP contribution >= 0.6 is 0 Å². The molecule has 0 aliphatic heterocycles. The summed E-state index contributed by atoms with van der Waals surface area (Å²) in [5.74, 6) is 0. The maximum atomic E-state index is 2.20. The van der Waals surface area contributed by atoms with Gasteiger partial charge in [0.25, 0.3) is 0 Å². The molecule has 0 nitrogen and oxygen atoms in total. The van der Waals surface area contributed by atoms with Crippen molar-refractivity contribution >= 4 is 10.8 Å². The van der Waals surface area contributed by atoms with Gasteiger partial charge in [-0.25, -0.2) is 0 Å². The summed E-state index contributed by atoms with van der Waals surface area (Å²) in [4.78, 5) is 0. The van der Waals surface area contributed by atoms with Gasteiger partial charge in [0.15, 0.2) is 0 Å². The minimum atomic E-state index is 0. The van der Waals surface area contributed by atoms with Gasteiger partial charge in [0, 0.05) is 17.4 Å². The van der Waals surface area contributed by atoms with E-state index in [1.807, 2.05) is 0 Å². The second-order valence-electron chi connectivity index (χ2n) is 2.66.